The maximum atomic E-state index is 13.4. The van der Waals surface area contributed by atoms with Crippen molar-refractivity contribution >= 4 is 5.91 Å². The molecule has 25 heavy (non-hydrogen) atoms. The topological polar surface area (TPSA) is 63.9 Å². The lowest BCUT2D eigenvalue weighted by Gasteiger charge is -2.32. The fourth-order valence-corrected chi connectivity index (χ4v) is 3.89. The number of rotatable bonds is 2. The predicted molar refractivity (Wildman–Crippen MR) is 89.7 cm³/mol. The van der Waals surface area contributed by atoms with Crippen LogP contribution in [0, 0.1) is 5.82 Å². The lowest BCUT2D eigenvalue weighted by atomic mass is 9.96. The molecule has 0 bridgehead atoms. The smallest absolute Gasteiger partial charge is 0.255 e. The maximum absolute atomic E-state index is 13.4. The van der Waals surface area contributed by atoms with E-state index in [0.29, 0.717) is 18.7 Å². The minimum Gasteiger partial charge on any atom is -0.338 e. The highest BCUT2D eigenvalue weighted by molar-refractivity contribution is 5.94. The van der Waals surface area contributed by atoms with Gasteiger partial charge in [0.1, 0.15) is 17.5 Å². The SMILES string of the molecule is O=C(c1cncc(F)c1)N1CCCC(c2nnc3n2CCCCC3)C1. The zero-order chi connectivity index (χ0) is 17.2. The van der Waals surface area contributed by atoms with Crippen LogP contribution in [-0.4, -0.2) is 43.6 Å². The van der Waals surface area contributed by atoms with Gasteiger partial charge in [0.25, 0.3) is 5.91 Å². The van der Waals surface area contributed by atoms with Crippen LogP contribution in [0.3, 0.4) is 0 Å². The van der Waals surface area contributed by atoms with Crippen LogP contribution in [0.2, 0.25) is 0 Å². The van der Waals surface area contributed by atoms with Crippen molar-refractivity contribution in [2.24, 2.45) is 0 Å². The third-order valence-electron chi connectivity index (χ3n) is 5.16. The van der Waals surface area contributed by atoms with E-state index in [4.69, 9.17) is 0 Å². The molecule has 7 heteroatoms. The molecular weight excluding hydrogens is 321 g/mol. The Labute approximate surface area is 146 Å². The molecule has 0 aromatic carbocycles. The Morgan fingerprint density at radius 2 is 2.04 bits per heavy atom. The van der Waals surface area contributed by atoms with Gasteiger partial charge in [-0.25, -0.2) is 4.39 Å². The first-order valence-corrected chi connectivity index (χ1v) is 9.04. The summed E-state index contributed by atoms with van der Waals surface area (Å²) in [6.45, 7) is 2.26. The van der Waals surface area contributed by atoms with Crippen LogP contribution in [0.25, 0.3) is 0 Å². The minimum atomic E-state index is -0.484. The molecule has 2 aromatic rings. The summed E-state index contributed by atoms with van der Waals surface area (Å²) >= 11 is 0. The molecule has 6 nitrogen and oxygen atoms in total. The van der Waals surface area contributed by atoms with Crippen molar-refractivity contribution in [3.63, 3.8) is 0 Å². The van der Waals surface area contributed by atoms with E-state index in [-0.39, 0.29) is 11.8 Å². The van der Waals surface area contributed by atoms with Crippen molar-refractivity contribution < 1.29 is 9.18 Å². The first-order chi connectivity index (χ1) is 12.2. The van der Waals surface area contributed by atoms with Crippen molar-refractivity contribution in [2.45, 2.75) is 51.0 Å². The van der Waals surface area contributed by atoms with Crippen LogP contribution in [0.4, 0.5) is 4.39 Å². The van der Waals surface area contributed by atoms with Crippen molar-refractivity contribution in [2.75, 3.05) is 13.1 Å². The van der Waals surface area contributed by atoms with Gasteiger partial charge in [0, 0.05) is 38.2 Å². The van der Waals surface area contributed by atoms with Crippen molar-refractivity contribution in [1.29, 1.82) is 0 Å². The summed E-state index contributed by atoms with van der Waals surface area (Å²) in [5.41, 5.74) is 0.306. The molecule has 0 spiro atoms. The Balaban J connectivity index is 1.53. The zero-order valence-electron chi connectivity index (χ0n) is 14.2. The molecule has 0 saturated carbocycles. The van der Waals surface area contributed by atoms with Crippen molar-refractivity contribution in [3.05, 3.63) is 41.5 Å². The molecule has 2 aliphatic heterocycles. The Morgan fingerprint density at radius 3 is 2.92 bits per heavy atom. The number of hydrogen-bond acceptors (Lipinski definition) is 4. The van der Waals surface area contributed by atoms with E-state index < -0.39 is 5.82 Å². The molecule has 1 atom stereocenters. The molecule has 132 valence electrons. The number of pyridine rings is 1. The average Bonchev–Trinajstić information content (AvgIpc) is 2.90. The van der Waals surface area contributed by atoms with E-state index in [1.807, 2.05) is 0 Å². The molecule has 2 aliphatic rings. The lowest BCUT2D eigenvalue weighted by molar-refractivity contribution is 0.0702. The number of aryl methyl sites for hydroxylation is 1. The summed E-state index contributed by atoms with van der Waals surface area (Å²) in [7, 11) is 0. The minimum absolute atomic E-state index is 0.160. The first-order valence-electron chi connectivity index (χ1n) is 9.04. The Kier molecular flexibility index (Phi) is 4.46. The monoisotopic (exact) mass is 343 g/mol. The van der Waals surface area contributed by atoms with E-state index in [9.17, 15) is 9.18 Å². The van der Waals surface area contributed by atoms with Crippen LogP contribution in [0.1, 0.15) is 60.0 Å². The van der Waals surface area contributed by atoms with Crippen LogP contribution < -0.4 is 0 Å². The third-order valence-corrected chi connectivity index (χ3v) is 5.16. The Hall–Kier alpha value is -2.31. The van der Waals surface area contributed by atoms with E-state index >= 15 is 0 Å². The molecule has 1 fully saturated rings. The molecule has 1 amide bonds. The summed E-state index contributed by atoms with van der Waals surface area (Å²) < 4.78 is 15.6. The van der Waals surface area contributed by atoms with E-state index in [1.165, 1.54) is 25.1 Å². The number of halogens is 1. The molecule has 4 rings (SSSR count). The van der Waals surface area contributed by atoms with Crippen molar-refractivity contribution in [3.8, 4) is 0 Å². The number of nitrogens with zero attached hydrogens (tertiary/aromatic N) is 5. The van der Waals surface area contributed by atoms with Gasteiger partial charge in [-0.2, -0.15) is 0 Å². The normalized spacial score (nSPS) is 20.8. The van der Waals surface area contributed by atoms with Crippen molar-refractivity contribution in [1.82, 2.24) is 24.6 Å². The number of amides is 1. The lowest BCUT2D eigenvalue weighted by Crippen LogP contribution is -2.40. The maximum Gasteiger partial charge on any atom is 0.255 e. The van der Waals surface area contributed by atoms with Crippen LogP contribution in [-0.2, 0) is 13.0 Å². The van der Waals surface area contributed by atoms with Gasteiger partial charge in [-0.15, -0.1) is 10.2 Å². The van der Waals surface area contributed by atoms with Gasteiger partial charge in [-0.1, -0.05) is 6.42 Å². The second-order valence-electron chi connectivity index (χ2n) is 6.92. The number of piperidine rings is 1. The van der Waals surface area contributed by atoms with E-state index in [1.54, 1.807) is 4.90 Å². The number of hydrogen-bond donors (Lipinski definition) is 0. The van der Waals surface area contributed by atoms with Crippen LogP contribution >= 0.6 is 0 Å². The first kappa shape index (κ1) is 16.2. The number of fused-ring (bicyclic) bond motifs is 1. The molecule has 4 heterocycles. The van der Waals surface area contributed by atoms with Gasteiger partial charge in [0.2, 0.25) is 0 Å². The average molecular weight is 343 g/mol. The second kappa shape index (κ2) is 6.90. The zero-order valence-corrected chi connectivity index (χ0v) is 14.2. The predicted octanol–water partition coefficient (Wildman–Crippen LogP) is 2.56. The van der Waals surface area contributed by atoms with Gasteiger partial charge in [-0.05, 0) is 31.7 Å². The summed E-state index contributed by atoms with van der Waals surface area (Å²) in [5, 5.41) is 8.83. The largest absolute Gasteiger partial charge is 0.338 e. The quantitative estimate of drug-likeness (QED) is 0.841. The molecule has 0 N–H and O–H groups in total. The molecule has 0 aliphatic carbocycles. The van der Waals surface area contributed by atoms with Crippen LogP contribution in [0.5, 0.6) is 0 Å². The molecule has 0 radical (unpaired) electrons. The van der Waals surface area contributed by atoms with Gasteiger partial charge in [0.15, 0.2) is 0 Å². The highest BCUT2D eigenvalue weighted by atomic mass is 19.1. The Morgan fingerprint density at radius 1 is 1.12 bits per heavy atom. The van der Waals surface area contributed by atoms with Gasteiger partial charge >= 0.3 is 0 Å². The third kappa shape index (κ3) is 3.27. The fraction of sp³-hybridized carbons (Fsp3) is 0.556. The number of carbonyl (C=O) groups is 1. The van der Waals surface area contributed by atoms with Gasteiger partial charge < -0.3 is 9.47 Å². The van der Waals surface area contributed by atoms with E-state index in [2.05, 4.69) is 19.7 Å². The molecular formula is C18H22FN5O. The highest BCUT2D eigenvalue weighted by Gasteiger charge is 2.30. The highest BCUT2D eigenvalue weighted by Crippen LogP contribution is 2.28. The molecule has 1 unspecified atom stereocenters. The molecule has 1 saturated heterocycles. The standard InChI is InChI=1S/C18H22FN5O/c19-15-9-14(10-20-11-15)18(25)23-7-4-5-13(12-23)17-22-21-16-6-2-1-3-8-24(16)17/h9-11,13H,1-8,12H2. The summed E-state index contributed by atoms with van der Waals surface area (Å²) in [5.74, 6) is 1.63. The number of carbonyl (C=O) groups excluding carboxylic acids is 1. The second-order valence-corrected chi connectivity index (χ2v) is 6.92. The fourth-order valence-electron chi connectivity index (χ4n) is 3.89. The van der Waals surface area contributed by atoms with Gasteiger partial charge in [-0.3, -0.25) is 9.78 Å². The van der Waals surface area contributed by atoms with Crippen LogP contribution in [0.15, 0.2) is 18.5 Å². The molecule has 2 aromatic heterocycles. The Bertz CT molecular complexity index is 775. The summed E-state index contributed by atoms with van der Waals surface area (Å²) in [6.07, 6.45) is 8.99. The number of aromatic nitrogens is 4. The number of likely N-dealkylation sites (tertiary alicyclic amines) is 1. The summed E-state index contributed by atoms with van der Waals surface area (Å²) in [4.78, 5) is 18.3. The van der Waals surface area contributed by atoms with E-state index in [0.717, 1.165) is 50.1 Å². The van der Waals surface area contributed by atoms with Gasteiger partial charge in [0.05, 0.1) is 11.8 Å². The summed E-state index contributed by atoms with van der Waals surface area (Å²) in [6, 6.07) is 1.25.